The molecule has 1 atom stereocenters. The summed E-state index contributed by atoms with van der Waals surface area (Å²) >= 11 is 0. The Morgan fingerprint density at radius 2 is 0.717 bits per heavy atom. The number of hydrogen-bond acceptors (Lipinski definition) is 6. The lowest BCUT2D eigenvalue weighted by molar-refractivity contribution is -0.166. The molecule has 0 aromatic carbocycles. The Balaban J connectivity index is 4.43. The van der Waals surface area contributed by atoms with Gasteiger partial charge in [-0.1, -0.05) is 189 Å². The molecule has 0 rings (SSSR count). The number of carbonyl (C=O) groups excluding carboxylic acids is 3. The highest BCUT2D eigenvalue weighted by Crippen LogP contribution is 2.12. The van der Waals surface area contributed by atoms with Crippen LogP contribution in [0, 0.1) is 0 Å². The summed E-state index contributed by atoms with van der Waals surface area (Å²) in [4.78, 5) is 37.7. The zero-order valence-corrected chi connectivity index (χ0v) is 38.7. The van der Waals surface area contributed by atoms with E-state index < -0.39 is 12.1 Å². The van der Waals surface area contributed by atoms with E-state index >= 15 is 0 Å². The molecule has 0 saturated carbocycles. The van der Waals surface area contributed by atoms with E-state index in [9.17, 15) is 14.4 Å². The number of allylic oxidation sites excluding steroid dienone is 15. The van der Waals surface area contributed by atoms with E-state index in [2.05, 4.69) is 106 Å². The summed E-state index contributed by atoms with van der Waals surface area (Å²) < 4.78 is 16.6. The molecule has 0 fully saturated rings. The molecule has 0 bridgehead atoms. The van der Waals surface area contributed by atoms with Gasteiger partial charge in [-0.25, -0.2) is 0 Å². The van der Waals surface area contributed by atoms with Crippen molar-refractivity contribution in [1.29, 1.82) is 0 Å². The third kappa shape index (κ3) is 45.4. The van der Waals surface area contributed by atoms with Crippen LogP contribution in [0.5, 0.6) is 0 Å². The lowest BCUT2D eigenvalue weighted by Gasteiger charge is -2.18. The van der Waals surface area contributed by atoms with Gasteiger partial charge in [0.2, 0.25) is 0 Å². The molecule has 0 aliphatic rings. The molecule has 60 heavy (non-hydrogen) atoms. The standard InChI is InChI=1S/C54H88O6/c1-4-7-10-13-16-19-21-23-25-26-27-28-29-31-32-35-38-41-44-47-53(56)59-50-51(49-58-52(55)46-43-40-37-34-18-15-12-9-6-3)60-54(57)48-45-42-39-36-33-30-24-22-20-17-14-11-8-5-2/h7,9-10,12,16,18-19,23,25,27-28,30,33-34,40,43,51H,4-6,8,11,13-15,17,20-22,24,26,29,31-32,35-39,41-42,44-50H2,1-3H3/b10-7-,12-9-,19-16-,25-23-,28-27-,33-30-,34-18-,43-40-. The molecule has 0 aromatic rings. The van der Waals surface area contributed by atoms with Crippen molar-refractivity contribution in [2.24, 2.45) is 0 Å². The third-order valence-corrected chi connectivity index (χ3v) is 9.84. The quantitative estimate of drug-likeness (QED) is 0.0264. The highest BCUT2D eigenvalue weighted by atomic mass is 16.6. The molecule has 1 unspecified atom stereocenters. The smallest absolute Gasteiger partial charge is 0.309 e. The van der Waals surface area contributed by atoms with Crippen molar-refractivity contribution in [3.05, 3.63) is 97.2 Å². The molecule has 0 heterocycles. The first-order valence-electron chi connectivity index (χ1n) is 24.2. The summed E-state index contributed by atoms with van der Waals surface area (Å²) in [6.07, 6.45) is 62.8. The molecule has 0 saturated heterocycles. The lowest BCUT2D eigenvalue weighted by atomic mass is 10.1. The zero-order chi connectivity index (χ0) is 43.7. The highest BCUT2D eigenvalue weighted by molar-refractivity contribution is 5.72. The van der Waals surface area contributed by atoms with Gasteiger partial charge < -0.3 is 14.2 Å². The van der Waals surface area contributed by atoms with Crippen molar-refractivity contribution in [3.63, 3.8) is 0 Å². The Hall–Kier alpha value is -3.67. The van der Waals surface area contributed by atoms with E-state index in [0.29, 0.717) is 6.42 Å². The van der Waals surface area contributed by atoms with Crippen LogP contribution in [0.1, 0.15) is 207 Å². The van der Waals surface area contributed by atoms with E-state index in [1.807, 2.05) is 6.08 Å². The normalized spacial score (nSPS) is 12.9. The van der Waals surface area contributed by atoms with E-state index in [1.54, 1.807) is 6.08 Å². The van der Waals surface area contributed by atoms with Crippen molar-refractivity contribution >= 4 is 17.9 Å². The molecular weight excluding hydrogens is 745 g/mol. The van der Waals surface area contributed by atoms with Gasteiger partial charge in [0.15, 0.2) is 6.10 Å². The van der Waals surface area contributed by atoms with Crippen LogP contribution in [0.2, 0.25) is 0 Å². The second-order valence-corrected chi connectivity index (χ2v) is 15.6. The maximum absolute atomic E-state index is 12.7. The molecule has 0 amide bonds. The number of rotatable bonds is 42. The lowest BCUT2D eigenvalue weighted by Crippen LogP contribution is -2.30. The third-order valence-electron chi connectivity index (χ3n) is 9.84. The molecule has 0 N–H and O–H groups in total. The monoisotopic (exact) mass is 833 g/mol. The second kappa shape index (κ2) is 48.0. The van der Waals surface area contributed by atoms with Crippen LogP contribution in [0.15, 0.2) is 97.2 Å². The molecular formula is C54H88O6. The van der Waals surface area contributed by atoms with Gasteiger partial charge >= 0.3 is 17.9 Å². The van der Waals surface area contributed by atoms with Crippen LogP contribution in [0.3, 0.4) is 0 Å². The predicted octanol–water partition coefficient (Wildman–Crippen LogP) is 15.8. The first-order valence-corrected chi connectivity index (χ1v) is 24.2. The van der Waals surface area contributed by atoms with Crippen LogP contribution in [-0.4, -0.2) is 37.2 Å². The van der Waals surface area contributed by atoms with Crippen LogP contribution < -0.4 is 0 Å². The van der Waals surface area contributed by atoms with Crippen molar-refractivity contribution in [3.8, 4) is 0 Å². The minimum atomic E-state index is -0.826. The second-order valence-electron chi connectivity index (χ2n) is 15.6. The Kier molecular flexibility index (Phi) is 45.1. The van der Waals surface area contributed by atoms with E-state index in [1.165, 1.54) is 57.8 Å². The molecule has 0 radical (unpaired) electrons. The molecule has 0 aliphatic heterocycles. The fourth-order valence-corrected chi connectivity index (χ4v) is 6.25. The van der Waals surface area contributed by atoms with E-state index in [4.69, 9.17) is 14.2 Å². The van der Waals surface area contributed by atoms with Gasteiger partial charge in [-0.15, -0.1) is 0 Å². The van der Waals surface area contributed by atoms with Gasteiger partial charge in [0.25, 0.3) is 0 Å². The van der Waals surface area contributed by atoms with Crippen molar-refractivity contribution < 1.29 is 28.6 Å². The van der Waals surface area contributed by atoms with Crippen molar-refractivity contribution in [2.45, 2.75) is 213 Å². The Bertz CT molecular complexity index is 1230. The fourth-order valence-electron chi connectivity index (χ4n) is 6.25. The summed E-state index contributed by atoms with van der Waals surface area (Å²) in [7, 11) is 0. The van der Waals surface area contributed by atoms with E-state index in [-0.39, 0.29) is 38.0 Å². The summed E-state index contributed by atoms with van der Waals surface area (Å²) in [5.41, 5.74) is 0. The average molecular weight is 833 g/mol. The largest absolute Gasteiger partial charge is 0.462 e. The number of hydrogen-bond donors (Lipinski definition) is 0. The summed E-state index contributed by atoms with van der Waals surface area (Å²) in [6, 6.07) is 0. The topological polar surface area (TPSA) is 78.9 Å². The Morgan fingerprint density at radius 1 is 0.367 bits per heavy atom. The van der Waals surface area contributed by atoms with Crippen molar-refractivity contribution in [1.82, 2.24) is 0 Å². The number of esters is 3. The first-order chi connectivity index (χ1) is 29.5. The highest BCUT2D eigenvalue weighted by Gasteiger charge is 2.19. The average Bonchev–Trinajstić information content (AvgIpc) is 3.24. The predicted molar refractivity (Wildman–Crippen MR) is 256 cm³/mol. The Labute approximate surface area is 368 Å². The van der Waals surface area contributed by atoms with Crippen molar-refractivity contribution in [2.75, 3.05) is 13.2 Å². The minimum Gasteiger partial charge on any atom is -0.462 e. The molecule has 0 aromatic heterocycles. The first kappa shape index (κ1) is 56.3. The molecule has 6 heteroatoms. The van der Waals surface area contributed by atoms with Gasteiger partial charge in [-0.2, -0.15) is 0 Å². The van der Waals surface area contributed by atoms with Gasteiger partial charge in [0.05, 0.1) is 6.42 Å². The summed E-state index contributed by atoms with van der Waals surface area (Å²) in [5.74, 6) is -1.08. The zero-order valence-electron chi connectivity index (χ0n) is 38.7. The summed E-state index contributed by atoms with van der Waals surface area (Å²) in [5, 5.41) is 0. The van der Waals surface area contributed by atoms with Gasteiger partial charge in [0, 0.05) is 12.8 Å². The van der Waals surface area contributed by atoms with Crippen LogP contribution in [-0.2, 0) is 28.6 Å². The maximum Gasteiger partial charge on any atom is 0.309 e. The number of unbranched alkanes of at least 4 members (excludes halogenated alkanes) is 16. The molecule has 6 nitrogen and oxygen atoms in total. The van der Waals surface area contributed by atoms with Crippen LogP contribution in [0.4, 0.5) is 0 Å². The maximum atomic E-state index is 12.7. The van der Waals surface area contributed by atoms with Gasteiger partial charge in [-0.3, -0.25) is 14.4 Å². The molecule has 0 spiro atoms. The molecule has 0 aliphatic carbocycles. The summed E-state index contributed by atoms with van der Waals surface area (Å²) in [6.45, 7) is 6.26. The van der Waals surface area contributed by atoms with Crippen LogP contribution >= 0.6 is 0 Å². The Morgan fingerprint density at radius 3 is 1.20 bits per heavy atom. The number of carbonyl (C=O) groups is 3. The number of ether oxygens (including phenoxy) is 3. The van der Waals surface area contributed by atoms with Crippen LogP contribution in [0.25, 0.3) is 0 Å². The molecule has 340 valence electrons. The SMILES string of the molecule is CC/C=C\C/C=C\C/C=C\C/C=C\CCCCCCCCC(=O)OCC(COC(=O)C/C=C\C/C=C\C/C=C\CC)OC(=O)CCCCC/C=C\CCCCCCCCC. The minimum absolute atomic E-state index is 0.119. The van der Waals surface area contributed by atoms with Gasteiger partial charge in [-0.05, 0) is 96.3 Å². The van der Waals surface area contributed by atoms with E-state index in [0.717, 1.165) is 109 Å². The van der Waals surface area contributed by atoms with Gasteiger partial charge in [0.1, 0.15) is 13.2 Å². The fraction of sp³-hybridized carbons (Fsp3) is 0.648.